The maximum atomic E-state index is 13.7. The Labute approximate surface area is 269 Å². The Morgan fingerprint density at radius 1 is 0.978 bits per heavy atom. The second-order valence-electron chi connectivity index (χ2n) is 10.8. The Morgan fingerprint density at radius 2 is 1.76 bits per heavy atom. The lowest BCUT2D eigenvalue weighted by atomic mass is 10.1. The van der Waals surface area contributed by atoms with Gasteiger partial charge in [-0.15, -0.1) is 0 Å². The van der Waals surface area contributed by atoms with Crippen molar-refractivity contribution >= 4 is 39.7 Å². The van der Waals surface area contributed by atoms with Crippen molar-refractivity contribution in [3.05, 3.63) is 147 Å². The van der Waals surface area contributed by atoms with Crippen molar-refractivity contribution in [2.75, 3.05) is 0 Å². The summed E-state index contributed by atoms with van der Waals surface area (Å²) in [6, 6.07) is 33.7. The molecule has 0 saturated heterocycles. The Morgan fingerprint density at radius 3 is 2.59 bits per heavy atom. The molecule has 0 aliphatic carbocycles. The van der Waals surface area contributed by atoms with Crippen LogP contribution < -0.4 is 10.3 Å². The van der Waals surface area contributed by atoms with E-state index in [9.17, 15) is 10.1 Å². The number of rotatable bonds is 7. The molecule has 3 aromatic heterocycles. The molecule has 7 aromatic rings. The van der Waals surface area contributed by atoms with Crippen LogP contribution in [0.5, 0.6) is 5.75 Å². The van der Waals surface area contributed by atoms with Crippen LogP contribution in [-0.2, 0) is 6.61 Å². The summed E-state index contributed by atoms with van der Waals surface area (Å²) < 4.78 is 15.4. The number of benzene rings is 4. The first-order valence-corrected chi connectivity index (χ1v) is 14.9. The highest BCUT2D eigenvalue weighted by Gasteiger charge is 2.17. The first-order valence-electron chi connectivity index (χ1n) is 14.6. The molecule has 0 saturated carbocycles. The first-order chi connectivity index (χ1) is 22.4. The first kappa shape index (κ1) is 28.8. The van der Waals surface area contributed by atoms with Gasteiger partial charge in [-0.2, -0.15) is 15.0 Å². The molecule has 0 radical (unpaired) electrons. The molecule has 46 heavy (non-hydrogen) atoms. The maximum absolute atomic E-state index is 13.7. The molecule has 7 rings (SSSR count). The smallest absolute Gasteiger partial charge is 0.282 e. The summed E-state index contributed by atoms with van der Waals surface area (Å²) in [6.07, 6.45) is 1.67. The van der Waals surface area contributed by atoms with E-state index in [-0.39, 0.29) is 11.4 Å². The molecule has 9 heteroatoms. The molecule has 0 spiro atoms. The van der Waals surface area contributed by atoms with Gasteiger partial charge < -0.3 is 13.7 Å². The highest BCUT2D eigenvalue weighted by atomic mass is 35.5. The molecular formula is C37H26ClN5O3. The van der Waals surface area contributed by atoms with Crippen molar-refractivity contribution in [2.24, 2.45) is 5.10 Å². The number of halogens is 1. The highest BCUT2D eigenvalue weighted by Crippen LogP contribution is 2.29. The SMILES string of the molecule is Cc1cc(C=Nn2c(-c3cc4cc(Cl)ccc4o3)nc3ccccc3c2=O)c(C)n1-c1ccc(OCc2ccccc2C#N)cc1. The number of hydrogen-bond acceptors (Lipinski definition) is 6. The monoisotopic (exact) mass is 623 g/mol. The molecule has 0 aliphatic heterocycles. The zero-order valence-corrected chi connectivity index (χ0v) is 25.7. The van der Waals surface area contributed by atoms with Gasteiger partial charge in [-0.05, 0) is 86.6 Å². The largest absolute Gasteiger partial charge is 0.489 e. The summed E-state index contributed by atoms with van der Waals surface area (Å²) in [7, 11) is 0. The fraction of sp³-hybridized carbons (Fsp3) is 0.0811. The maximum Gasteiger partial charge on any atom is 0.282 e. The van der Waals surface area contributed by atoms with Gasteiger partial charge in [-0.3, -0.25) is 4.79 Å². The molecule has 0 aliphatic rings. The van der Waals surface area contributed by atoms with Crippen molar-refractivity contribution in [3.63, 3.8) is 0 Å². The van der Waals surface area contributed by atoms with E-state index in [0.717, 1.165) is 33.6 Å². The summed E-state index contributed by atoms with van der Waals surface area (Å²) in [4.78, 5) is 18.5. The molecular weight excluding hydrogens is 598 g/mol. The standard InChI is InChI=1S/C37H26ClN5O3/c1-23-17-28(24(2)42(23)30-12-14-31(15-13-30)45-22-26-8-4-3-7-25(26)20-39)21-40-43-36(41-33-10-6-5-9-32(33)37(43)44)35-19-27-18-29(38)11-16-34(27)46-35/h3-19,21H,22H2,1-2H3. The van der Waals surface area contributed by atoms with Crippen LogP contribution in [0.4, 0.5) is 0 Å². The lowest BCUT2D eigenvalue weighted by Crippen LogP contribution is -2.20. The number of nitrogens with zero attached hydrogens (tertiary/aromatic N) is 5. The van der Waals surface area contributed by atoms with E-state index in [1.165, 1.54) is 4.68 Å². The second-order valence-corrected chi connectivity index (χ2v) is 11.3. The van der Waals surface area contributed by atoms with E-state index in [4.69, 9.17) is 25.7 Å². The molecule has 3 heterocycles. The van der Waals surface area contributed by atoms with Gasteiger partial charge in [0.1, 0.15) is 17.9 Å². The third-order valence-electron chi connectivity index (χ3n) is 7.86. The third-order valence-corrected chi connectivity index (χ3v) is 8.10. The number of ether oxygens (including phenoxy) is 1. The summed E-state index contributed by atoms with van der Waals surface area (Å²) in [6.45, 7) is 4.32. The number of aromatic nitrogens is 3. The zero-order chi connectivity index (χ0) is 31.8. The van der Waals surface area contributed by atoms with E-state index in [2.05, 4.69) is 15.7 Å². The van der Waals surface area contributed by atoms with Gasteiger partial charge in [-0.25, -0.2) is 4.98 Å². The summed E-state index contributed by atoms with van der Waals surface area (Å²) >= 11 is 6.20. The fourth-order valence-electron chi connectivity index (χ4n) is 5.56. The van der Waals surface area contributed by atoms with Crippen LogP contribution in [0.25, 0.3) is 39.1 Å². The van der Waals surface area contributed by atoms with Gasteiger partial charge in [0, 0.05) is 38.6 Å². The van der Waals surface area contributed by atoms with Crippen molar-refractivity contribution in [1.29, 1.82) is 5.26 Å². The molecule has 0 N–H and O–H groups in total. The molecule has 0 atom stereocenters. The topological polar surface area (TPSA) is 98.3 Å². The minimum atomic E-state index is -0.308. The highest BCUT2D eigenvalue weighted by molar-refractivity contribution is 6.31. The Hall–Kier alpha value is -5.91. The number of para-hydroxylation sites is 1. The molecule has 4 aromatic carbocycles. The van der Waals surface area contributed by atoms with Gasteiger partial charge >= 0.3 is 0 Å². The number of hydrogen-bond donors (Lipinski definition) is 0. The van der Waals surface area contributed by atoms with Crippen molar-refractivity contribution in [2.45, 2.75) is 20.5 Å². The average Bonchev–Trinajstić information content (AvgIpc) is 3.62. The van der Waals surface area contributed by atoms with Crippen LogP contribution in [0, 0.1) is 25.2 Å². The van der Waals surface area contributed by atoms with E-state index < -0.39 is 0 Å². The lowest BCUT2D eigenvalue weighted by Gasteiger charge is -2.12. The lowest BCUT2D eigenvalue weighted by molar-refractivity contribution is 0.306. The predicted octanol–water partition coefficient (Wildman–Crippen LogP) is 8.20. The van der Waals surface area contributed by atoms with Gasteiger partial charge in [0.05, 0.1) is 28.8 Å². The predicted molar refractivity (Wildman–Crippen MR) is 180 cm³/mol. The Balaban J connectivity index is 1.21. The average molecular weight is 624 g/mol. The number of nitriles is 1. The van der Waals surface area contributed by atoms with Crippen LogP contribution >= 0.6 is 11.6 Å². The van der Waals surface area contributed by atoms with Crippen LogP contribution in [0.1, 0.15) is 28.1 Å². The van der Waals surface area contributed by atoms with Crippen molar-refractivity contribution in [1.82, 2.24) is 14.2 Å². The third kappa shape index (κ3) is 5.34. The van der Waals surface area contributed by atoms with Crippen molar-refractivity contribution < 1.29 is 9.15 Å². The quantitative estimate of drug-likeness (QED) is 0.167. The van der Waals surface area contributed by atoms with E-state index in [1.54, 1.807) is 48.7 Å². The van der Waals surface area contributed by atoms with Crippen LogP contribution in [0.2, 0.25) is 5.02 Å². The normalized spacial score (nSPS) is 11.4. The van der Waals surface area contributed by atoms with Gasteiger partial charge in [0.15, 0.2) is 5.76 Å². The minimum Gasteiger partial charge on any atom is -0.489 e. The molecule has 224 valence electrons. The minimum absolute atomic E-state index is 0.286. The zero-order valence-electron chi connectivity index (χ0n) is 24.9. The molecule has 8 nitrogen and oxygen atoms in total. The summed E-state index contributed by atoms with van der Waals surface area (Å²) in [5.74, 6) is 1.39. The van der Waals surface area contributed by atoms with Crippen LogP contribution in [0.3, 0.4) is 0 Å². The molecule has 0 unspecified atom stereocenters. The Kier molecular flexibility index (Phi) is 7.45. The van der Waals surface area contributed by atoms with E-state index in [1.807, 2.05) is 74.5 Å². The molecule has 0 amide bonds. The van der Waals surface area contributed by atoms with Crippen LogP contribution in [-0.4, -0.2) is 20.4 Å². The second kappa shape index (κ2) is 11.9. The van der Waals surface area contributed by atoms with E-state index in [0.29, 0.717) is 45.2 Å². The van der Waals surface area contributed by atoms with Crippen LogP contribution in [0.15, 0.2) is 117 Å². The summed E-state index contributed by atoms with van der Waals surface area (Å²) in [5, 5.41) is 15.8. The van der Waals surface area contributed by atoms with Crippen molar-refractivity contribution in [3.8, 4) is 29.1 Å². The number of fused-ring (bicyclic) bond motifs is 2. The van der Waals surface area contributed by atoms with E-state index >= 15 is 0 Å². The van der Waals surface area contributed by atoms with Gasteiger partial charge in [0.2, 0.25) is 5.82 Å². The molecule has 0 bridgehead atoms. The summed E-state index contributed by atoms with van der Waals surface area (Å²) in [5.41, 5.74) is 6.04. The van der Waals surface area contributed by atoms with Gasteiger partial charge in [-0.1, -0.05) is 41.9 Å². The number of aryl methyl sites for hydroxylation is 1. The van der Waals surface area contributed by atoms with Gasteiger partial charge in [0.25, 0.3) is 5.56 Å². The molecule has 0 fully saturated rings. The number of furan rings is 1. The Bertz CT molecular complexity index is 2390. The fourth-order valence-corrected chi connectivity index (χ4v) is 5.74.